The highest BCUT2D eigenvalue weighted by Gasteiger charge is 2.16. The van der Waals surface area contributed by atoms with Crippen molar-refractivity contribution in [2.75, 3.05) is 14.2 Å². The van der Waals surface area contributed by atoms with E-state index < -0.39 is 0 Å². The van der Waals surface area contributed by atoms with Gasteiger partial charge in [-0.05, 0) is 42.9 Å². The number of aliphatic hydroxyl groups excluding tert-OH is 1. The molecule has 1 aliphatic carbocycles. The summed E-state index contributed by atoms with van der Waals surface area (Å²) in [5.41, 5.74) is 1.10. The van der Waals surface area contributed by atoms with Crippen LogP contribution in [0.3, 0.4) is 0 Å². The summed E-state index contributed by atoms with van der Waals surface area (Å²) < 4.78 is 10.5. The summed E-state index contributed by atoms with van der Waals surface area (Å²) in [6.07, 6.45) is 9.33. The molecule has 118 valence electrons. The second-order valence-electron chi connectivity index (χ2n) is 6.13. The molecule has 1 saturated carbocycles. The molecule has 1 atom stereocenters. The van der Waals surface area contributed by atoms with Crippen LogP contribution in [0.2, 0.25) is 0 Å². The minimum Gasteiger partial charge on any atom is -0.493 e. The van der Waals surface area contributed by atoms with Crippen LogP contribution >= 0.6 is 0 Å². The monoisotopic (exact) mass is 292 g/mol. The number of rotatable bonds is 7. The fraction of sp³-hybridized carbons (Fsp3) is 0.667. The Bertz CT molecular complexity index is 424. The number of aliphatic hydroxyl groups is 1. The van der Waals surface area contributed by atoms with Crippen molar-refractivity contribution in [3.8, 4) is 11.5 Å². The van der Waals surface area contributed by atoms with E-state index in [0.717, 1.165) is 35.8 Å². The Morgan fingerprint density at radius 2 is 1.81 bits per heavy atom. The van der Waals surface area contributed by atoms with E-state index in [9.17, 15) is 5.11 Å². The SMILES string of the molecule is COc1ccc(CC(O)CCC2CCCCC2)cc1OC. The van der Waals surface area contributed by atoms with E-state index >= 15 is 0 Å². The molecule has 0 aromatic heterocycles. The van der Waals surface area contributed by atoms with Crippen LogP contribution in [0.4, 0.5) is 0 Å². The summed E-state index contributed by atoms with van der Waals surface area (Å²) in [4.78, 5) is 0. The van der Waals surface area contributed by atoms with Gasteiger partial charge in [-0.15, -0.1) is 0 Å². The van der Waals surface area contributed by atoms with Crippen LogP contribution in [0.5, 0.6) is 11.5 Å². The molecule has 1 fully saturated rings. The van der Waals surface area contributed by atoms with Gasteiger partial charge in [0.05, 0.1) is 20.3 Å². The summed E-state index contributed by atoms with van der Waals surface area (Å²) in [7, 11) is 3.28. The van der Waals surface area contributed by atoms with Gasteiger partial charge in [-0.25, -0.2) is 0 Å². The molecular formula is C18H28O3. The van der Waals surface area contributed by atoms with Crippen LogP contribution < -0.4 is 9.47 Å². The van der Waals surface area contributed by atoms with Crippen molar-refractivity contribution in [3.63, 3.8) is 0 Å². The minimum atomic E-state index is -0.259. The average Bonchev–Trinajstić information content (AvgIpc) is 2.53. The molecule has 0 amide bonds. The fourth-order valence-corrected chi connectivity index (χ4v) is 3.29. The molecule has 3 nitrogen and oxygen atoms in total. The topological polar surface area (TPSA) is 38.7 Å². The third-order valence-electron chi connectivity index (χ3n) is 4.55. The van der Waals surface area contributed by atoms with E-state index in [-0.39, 0.29) is 6.10 Å². The second kappa shape index (κ2) is 8.28. The van der Waals surface area contributed by atoms with Crippen LogP contribution in [0.15, 0.2) is 18.2 Å². The quantitative estimate of drug-likeness (QED) is 0.826. The van der Waals surface area contributed by atoms with Gasteiger partial charge < -0.3 is 14.6 Å². The maximum atomic E-state index is 10.3. The molecule has 0 spiro atoms. The van der Waals surface area contributed by atoms with Gasteiger partial charge in [0, 0.05) is 0 Å². The first-order chi connectivity index (χ1) is 10.2. The lowest BCUT2D eigenvalue weighted by Crippen LogP contribution is -2.14. The lowest BCUT2D eigenvalue weighted by Gasteiger charge is -2.22. The van der Waals surface area contributed by atoms with Crippen molar-refractivity contribution in [2.24, 2.45) is 5.92 Å². The molecule has 3 heteroatoms. The van der Waals surface area contributed by atoms with Crippen molar-refractivity contribution >= 4 is 0 Å². The van der Waals surface area contributed by atoms with Gasteiger partial charge in [0.15, 0.2) is 11.5 Å². The first-order valence-electron chi connectivity index (χ1n) is 8.12. The number of methoxy groups -OCH3 is 2. The van der Waals surface area contributed by atoms with Crippen molar-refractivity contribution < 1.29 is 14.6 Å². The Kier molecular flexibility index (Phi) is 6.37. The van der Waals surface area contributed by atoms with Gasteiger partial charge in [0.2, 0.25) is 0 Å². The number of hydrogen-bond donors (Lipinski definition) is 1. The zero-order chi connectivity index (χ0) is 15.1. The van der Waals surface area contributed by atoms with Crippen molar-refractivity contribution in [2.45, 2.75) is 57.5 Å². The zero-order valence-corrected chi connectivity index (χ0v) is 13.3. The van der Waals surface area contributed by atoms with Crippen LogP contribution in [-0.4, -0.2) is 25.4 Å². The van der Waals surface area contributed by atoms with Crippen LogP contribution in [0.1, 0.15) is 50.5 Å². The summed E-state index contributed by atoms with van der Waals surface area (Å²) in [6.45, 7) is 0. The molecule has 2 rings (SSSR count). The Morgan fingerprint density at radius 1 is 1.10 bits per heavy atom. The Morgan fingerprint density at radius 3 is 2.48 bits per heavy atom. The van der Waals surface area contributed by atoms with Gasteiger partial charge in [0.25, 0.3) is 0 Å². The van der Waals surface area contributed by atoms with E-state index in [0.29, 0.717) is 6.42 Å². The Labute approximate surface area is 128 Å². The molecule has 1 N–H and O–H groups in total. The molecule has 1 aromatic rings. The van der Waals surface area contributed by atoms with E-state index in [1.54, 1.807) is 14.2 Å². The number of ether oxygens (including phenoxy) is 2. The van der Waals surface area contributed by atoms with Crippen LogP contribution in [-0.2, 0) is 6.42 Å². The summed E-state index contributed by atoms with van der Waals surface area (Å²) in [5.74, 6) is 2.30. The average molecular weight is 292 g/mol. The van der Waals surface area contributed by atoms with E-state index in [1.807, 2.05) is 18.2 Å². The van der Waals surface area contributed by atoms with Crippen LogP contribution in [0, 0.1) is 5.92 Å². The Balaban J connectivity index is 1.82. The lowest BCUT2D eigenvalue weighted by molar-refractivity contribution is 0.149. The molecule has 1 unspecified atom stereocenters. The molecule has 0 aliphatic heterocycles. The molecule has 1 aliphatic rings. The molecular weight excluding hydrogens is 264 g/mol. The Hall–Kier alpha value is -1.22. The largest absolute Gasteiger partial charge is 0.493 e. The molecule has 0 bridgehead atoms. The molecule has 1 aromatic carbocycles. The summed E-state index contributed by atoms with van der Waals surface area (Å²) in [5, 5.41) is 10.3. The first-order valence-corrected chi connectivity index (χ1v) is 8.12. The summed E-state index contributed by atoms with van der Waals surface area (Å²) >= 11 is 0. The standard InChI is InChI=1S/C18H28O3/c1-20-17-11-9-15(13-18(17)21-2)12-16(19)10-8-14-6-4-3-5-7-14/h9,11,13-14,16,19H,3-8,10,12H2,1-2H3. The van der Waals surface area contributed by atoms with Crippen molar-refractivity contribution in [1.29, 1.82) is 0 Å². The number of hydrogen-bond acceptors (Lipinski definition) is 3. The second-order valence-corrected chi connectivity index (χ2v) is 6.13. The highest BCUT2D eigenvalue weighted by atomic mass is 16.5. The lowest BCUT2D eigenvalue weighted by atomic mass is 9.85. The highest BCUT2D eigenvalue weighted by Crippen LogP contribution is 2.30. The predicted octanol–water partition coefficient (Wildman–Crippen LogP) is 3.97. The summed E-state index contributed by atoms with van der Waals surface area (Å²) in [6, 6.07) is 5.87. The normalized spacial score (nSPS) is 17.5. The van der Waals surface area contributed by atoms with Gasteiger partial charge in [-0.1, -0.05) is 38.2 Å². The molecule has 21 heavy (non-hydrogen) atoms. The third kappa shape index (κ3) is 4.92. The minimum absolute atomic E-state index is 0.259. The van der Waals surface area contributed by atoms with Crippen molar-refractivity contribution in [1.82, 2.24) is 0 Å². The zero-order valence-electron chi connectivity index (χ0n) is 13.3. The maximum Gasteiger partial charge on any atom is 0.160 e. The first kappa shape index (κ1) is 16.2. The smallest absolute Gasteiger partial charge is 0.160 e. The van der Waals surface area contributed by atoms with Crippen LogP contribution in [0.25, 0.3) is 0 Å². The van der Waals surface area contributed by atoms with Gasteiger partial charge in [-0.3, -0.25) is 0 Å². The molecule has 0 radical (unpaired) electrons. The molecule has 0 heterocycles. The van der Waals surface area contributed by atoms with Crippen molar-refractivity contribution in [3.05, 3.63) is 23.8 Å². The predicted molar refractivity (Wildman–Crippen MR) is 85.1 cm³/mol. The molecule has 0 saturated heterocycles. The van der Waals surface area contributed by atoms with E-state index in [2.05, 4.69) is 0 Å². The van der Waals surface area contributed by atoms with Gasteiger partial charge in [0.1, 0.15) is 0 Å². The maximum absolute atomic E-state index is 10.3. The fourth-order valence-electron chi connectivity index (χ4n) is 3.29. The van der Waals surface area contributed by atoms with E-state index in [1.165, 1.54) is 32.1 Å². The highest BCUT2D eigenvalue weighted by molar-refractivity contribution is 5.43. The van der Waals surface area contributed by atoms with Gasteiger partial charge >= 0.3 is 0 Å². The number of benzene rings is 1. The third-order valence-corrected chi connectivity index (χ3v) is 4.55. The van der Waals surface area contributed by atoms with Gasteiger partial charge in [-0.2, -0.15) is 0 Å². The van der Waals surface area contributed by atoms with E-state index in [4.69, 9.17) is 9.47 Å².